The number of nitrogens with zero attached hydrogens (tertiary/aromatic N) is 2. The molecule has 2 aromatic carbocycles. The number of methoxy groups -OCH3 is 1. The lowest BCUT2D eigenvalue weighted by molar-refractivity contribution is -0.135. The Kier molecular flexibility index (Phi) is 5.99. The number of ether oxygens (including phenoxy) is 3. The number of carboxylic acid groups (broad SMARTS) is 1. The number of carbonyl (C=O) groups excluding carboxylic acids is 3. The van der Waals surface area contributed by atoms with Gasteiger partial charge >= 0.3 is 5.97 Å². The van der Waals surface area contributed by atoms with E-state index in [1.54, 1.807) is 42.5 Å². The van der Waals surface area contributed by atoms with Crippen molar-refractivity contribution in [1.29, 1.82) is 0 Å². The van der Waals surface area contributed by atoms with E-state index in [1.807, 2.05) is 0 Å². The Morgan fingerprint density at radius 3 is 2.55 bits per heavy atom. The van der Waals surface area contributed by atoms with Gasteiger partial charge in [0.25, 0.3) is 5.91 Å². The highest BCUT2D eigenvalue weighted by Crippen LogP contribution is 2.34. The summed E-state index contributed by atoms with van der Waals surface area (Å²) in [5.74, 6) is -1.45. The summed E-state index contributed by atoms with van der Waals surface area (Å²) in [5, 5.41) is 8.91. The number of benzene rings is 2. The molecule has 3 amide bonds. The Balaban J connectivity index is 1.63. The van der Waals surface area contributed by atoms with Crippen LogP contribution in [-0.4, -0.2) is 53.6 Å². The molecule has 0 spiro atoms. The molecule has 0 aromatic heterocycles. The number of amides is 3. The van der Waals surface area contributed by atoms with E-state index in [4.69, 9.17) is 19.3 Å². The largest absolute Gasteiger partial charge is 0.497 e. The summed E-state index contributed by atoms with van der Waals surface area (Å²) in [6, 6.07) is 10.3. The molecule has 1 fully saturated rings. The fourth-order valence-corrected chi connectivity index (χ4v) is 3.68. The first-order valence-electron chi connectivity index (χ1n) is 9.98. The number of rotatable bonds is 7. The Morgan fingerprint density at radius 1 is 1.12 bits per heavy atom. The number of hydrogen-bond acceptors (Lipinski definition) is 7. The van der Waals surface area contributed by atoms with E-state index in [9.17, 15) is 19.2 Å². The molecule has 10 nitrogen and oxygen atoms in total. The number of aliphatic carboxylic acids is 1. The molecule has 0 bridgehead atoms. The summed E-state index contributed by atoms with van der Waals surface area (Å²) in [5.41, 5.74) is 0.976. The molecule has 2 aliphatic rings. The van der Waals surface area contributed by atoms with Crippen LogP contribution in [0.5, 0.6) is 17.2 Å². The summed E-state index contributed by atoms with van der Waals surface area (Å²) in [7, 11) is 1.50. The van der Waals surface area contributed by atoms with Crippen LogP contribution >= 0.6 is 0 Å². The number of fused-ring (bicyclic) bond motifs is 1. The molecule has 2 heterocycles. The standard InChI is InChI=1S/C23H20N2O8/c1-31-16-5-3-15(4-6-16)25-21(27)11-17(23(25)30)24(20(26)8-9-22(28)29)12-14-2-7-18-19(10-14)33-13-32-18/h2-10,17H,11-13H2,1H3,(H,28,29). The van der Waals surface area contributed by atoms with Crippen molar-refractivity contribution in [3.05, 3.63) is 60.2 Å². The summed E-state index contributed by atoms with van der Waals surface area (Å²) in [6.07, 6.45) is 1.32. The van der Waals surface area contributed by atoms with Crippen molar-refractivity contribution >= 4 is 29.4 Å². The van der Waals surface area contributed by atoms with Crippen LogP contribution < -0.4 is 19.1 Å². The van der Waals surface area contributed by atoms with Crippen LogP contribution in [0, 0.1) is 0 Å². The molecule has 2 aromatic rings. The molecule has 1 unspecified atom stereocenters. The van der Waals surface area contributed by atoms with Gasteiger partial charge in [-0.25, -0.2) is 9.69 Å². The number of carboxylic acids is 1. The van der Waals surface area contributed by atoms with Gasteiger partial charge < -0.3 is 24.2 Å². The fourth-order valence-electron chi connectivity index (χ4n) is 3.68. The van der Waals surface area contributed by atoms with Crippen LogP contribution in [-0.2, 0) is 25.7 Å². The maximum atomic E-state index is 13.2. The van der Waals surface area contributed by atoms with Gasteiger partial charge in [-0.2, -0.15) is 0 Å². The zero-order valence-corrected chi connectivity index (χ0v) is 17.6. The molecule has 0 aliphatic carbocycles. The average Bonchev–Trinajstić information content (AvgIpc) is 3.39. The predicted molar refractivity (Wildman–Crippen MR) is 114 cm³/mol. The van der Waals surface area contributed by atoms with Crippen molar-refractivity contribution in [3.8, 4) is 17.2 Å². The number of anilines is 1. The maximum absolute atomic E-state index is 13.2. The van der Waals surface area contributed by atoms with Crippen LogP contribution in [0.2, 0.25) is 0 Å². The van der Waals surface area contributed by atoms with E-state index in [-0.39, 0.29) is 19.8 Å². The second kappa shape index (κ2) is 9.03. The van der Waals surface area contributed by atoms with E-state index in [0.29, 0.717) is 34.6 Å². The summed E-state index contributed by atoms with van der Waals surface area (Å²) in [4.78, 5) is 51.9. The van der Waals surface area contributed by atoms with E-state index in [0.717, 1.165) is 11.0 Å². The van der Waals surface area contributed by atoms with Gasteiger partial charge in [0.1, 0.15) is 11.8 Å². The van der Waals surface area contributed by atoms with Crippen molar-refractivity contribution in [2.45, 2.75) is 19.0 Å². The molecular weight excluding hydrogens is 432 g/mol. The van der Waals surface area contributed by atoms with Gasteiger partial charge in [-0.05, 0) is 42.0 Å². The van der Waals surface area contributed by atoms with Crippen molar-refractivity contribution in [2.75, 3.05) is 18.8 Å². The Labute approximate surface area is 188 Å². The van der Waals surface area contributed by atoms with Gasteiger partial charge in [-0.15, -0.1) is 0 Å². The molecule has 1 N–H and O–H groups in total. The van der Waals surface area contributed by atoms with Crippen LogP contribution in [0.25, 0.3) is 0 Å². The zero-order chi connectivity index (χ0) is 23.5. The highest BCUT2D eigenvalue weighted by atomic mass is 16.7. The highest BCUT2D eigenvalue weighted by Gasteiger charge is 2.44. The predicted octanol–water partition coefficient (Wildman–Crippen LogP) is 1.73. The molecule has 33 heavy (non-hydrogen) atoms. The second-order valence-electron chi connectivity index (χ2n) is 7.31. The molecular formula is C23H20N2O8. The topological polar surface area (TPSA) is 123 Å². The minimum atomic E-state index is -1.31. The number of hydrogen-bond donors (Lipinski definition) is 1. The zero-order valence-electron chi connectivity index (χ0n) is 17.6. The average molecular weight is 452 g/mol. The van der Waals surface area contributed by atoms with Crippen LogP contribution in [0.1, 0.15) is 12.0 Å². The monoisotopic (exact) mass is 452 g/mol. The van der Waals surface area contributed by atoms with Gasteiger partial charge in [-0.3, -0.25) is 14.4 Å². The molecule has 1 saturated heterocycles. The first-order chi connectivity index (χ1) is 15.9. The van der Waals surface area contributed by atoms with Gasteiger partial charge in [0, 0.05) is 18.7 Å². The summed E-state index contributed by atoms with van der Waals surface area (Å²) in [6.45, 7) is 0.0365. The number of imide groups is 1. The SMILES string of the molecule is COc1ccc(N2C(=O)CC(N(Cc3ccc4c(c3)OCO4)C(=O)C=CC(=O)O)C2=O)cc1. The van der Waals surface area contributed by atoms with Crippen LogP contribution in [0.4, 0.5) is 5.69 Å². The maximum Gasteiger partial charge on any atom is 0.328 e. The van der Waals surface area contributed by atoms with Gasteiger partial charge in [0.2, 0.25) is 18.6 Å². The Hall–Kier alpha value is -4.34. The van der Waals surface area contributed by atoms with Crippen LogP contribution in [0.3, 0.4) is 0 Å². The van der Waals surface area contributed by atoms with E-state index < -0.39 is 29.7 Å². The quantitative estimate of drug-likeness (QED) is 0.498. The molecule has 10 heteroatoms. The molecule has 170 valence electrons. The molecule has 0 saturated carbocycles. The smallest absolute Gasteiger partial charge is 0.328 e. The summed E-state index contributed by atoms with van der Waals surface area (Å²) < 4.78 is 15.8. The van der Waals surface area contributed by atoms with Crippen LogP contribution in [0.15, 0.2) is 54.6 Å². The third-order valence-corrected chi connectivity index (χ3v) is 5.27. The third-order valence-electron chi connectivity index (χ3n) is 5.27. The van der Waals surface area contributed by atoms with E-state index in [2.05, 4.69) is 0 Å². The van der Waals surface area contributed by atoms with Crippen molar-refractivity contribution in [3.63, 3.8) is 0 Å². The van der Waals surface area contributed by atoms with Crippen molar-refractivity contribution in [2.24, 2.45) is 0 Å². The lowest BCUT2D eigenvalue weighted by Crippen LogP contribution is -2.44. The van der Waals surface area contributed by atoms with E-state index >= 15 is 0 Å². The van der Waals surface area contributed by atoms with Crippen molar-refractivity contribution in [1.82, 2.24) is 4.90 Å². The van der Waals surface area contributed by atoms with Gasteiger partial charge in [-0.1, -0.05) is 6.07 Å². The number of carbonyl (C=O) groups is 4. The minimum absolute atomic E-state index is 0.0421. The lowest BCUT2D eigenvalue weighted by Gasteiger charge is -2.27. The first-order valence-corrected chi connectivity index (χ1v) is 9.98. The summed E-state index contributed by atoms with van der Waals surface area (Å²) >= 11 is 0. The molecule has 0 radical (unpaired) electrons. The Bertz CT molecular complexity index is 1140. The normalized spacial score (nSPS) is 17.0. The minimum Gasteiger partial charge on any atom is -0.497 e. The fraction of sp³-hybridized carbons (Fsp3) is 0.217. The van der Waals surface area contributed by atoms with Gasteiger partial charge in [0.05, 0.1) is 19.2 Å². The molecule has 1 atom stereocenters. The first kappa shape index (κ1) is 21.9. The Morgan fingerprint density at radius 2 is 1.85 bits per heavy atom. The lowest BCUT2D eigenvalue weighted by atomic mass is 10.1. The van der Waals surface area contributed by atoms with E-state index in [1.165, 1.54) is 12.0 Å². The molecule has 4 rings (SSSR count). The highest BCUT2D eigenvalue weighted by molar-refractivity contribution is 6.23. The van der Waals surface area contributed by atoms with Gasteiger partial charge in [0.15, 0.2) is 11.5 Å². The van der Waals surface area contributed by atoms with Crippen molar-refractivity contribution < 1.29 is 38.5 Å². The third kappa shape index (κ3) is 4.49. The molecule has 2 aliphatic heterocycles. The second-order valence-corrected chi connectivity index (χ2v) is 7.31.